The van der Waals surface area contributed by atoms with Crippen LogP contribution in [0.2, 0.25) is 0 Å². The van der Waals surface area contributed by atoms with Crippen LogP contribution in [-0.4, -0.2) is 50.3 Å². The van der Waals surface area contributed by atoms with Crippen molar-refractivity contribution in [2.75, 3.05) is 5.75 Å². The molecule has 26 heavy (non-hydrogen) atoms. The summed E-state index contributed by atoms with van der Waals surface area (Å²) < 4.78 is 5.46. The largest absolute Gasteiger partial charge is 0.453 e. The van der Waals surface area contributed by atoms with Crippen LogP contribution < -0.4 is 0 Å². The lowest BCUT2D eigenvalue weighted by Crippen LogP contribution is -2.47. The first-order valence-electron chi connectivity index (χ1n) is 8.68. The molecule has 0 bridgehead atoms. The molecule has 0 unspecified atom stereocenters. The van der Waals surface area contributed by atoms with E-state index >= 15 is 0 Å². The van der Waals surface area contributed by atoms with Crippen molar-refractivity contribution in [3.05, 3.63) is 36.0 Å². The van der Waals surface area contributed by atoms with Crippen molar-refractivity contribution in [3.63, 3.8) is 0 Å². The van der Waals surface area contributed by atoms with Crippen molar-refractivity contribution in [3.8, 4) is 0 Å². The molecule has 1 aromatic heterocycles. The predicted octanol–water partition coefficient (Wildman–Crippen LogP) is 2.74. The molecular formula is C19H20N2O4S. The number of ether oxygens (including phenoxy) is 1. The molecule has 2 aromatic rings. The molecule has 2 aliphatic heterocycles. The van der Waals surface area contributed by atoms with Gasteiger partial charge >= 0.3 is 5.97 Å². The summed E-state index contributed by atoms with van der Waals surface area (Å²) >= 11 is 1.60. The summed E-state index contributed by atoms with van der Waals surface area (Å²) in [7, 11) is 0. The van der Waals surface area contributed by atoms with Gasteiger partial charge in [0.25, 0.3) is 0 Å². The molecule has 0 radical (unpaired) electrons. The maximum absolute atomic E-state index is 12.7. The molecule has 6 nitrogen and oxygen atoms in total. The Labute approximate surface area is 155 Å². The lowest BCUT2D eigenvalue weighted by Gasteiger charge is -2.29. The first-order chi connectivity index (χ1) is 12.4. The van der Waals surface area contributed by atoms with Crippen LogP contribution in [0.4, 0.5) is 0 Å². The normalized spacial score (nSPS) is 26.2. The summed E-state index contributed by atoms with van der Waals surface area (Å²) in [4.78, 5) is 41.9. The van der Waals surface area contributed by atoms with Crippen LogP contribution in [0.5, 0.6) is 0 Å². The lowest BCUT2D eigenvalue weighted by atomic mass is 10.1. The van der Waals surface area contributed by atoms with Crippen molar-refractivity contribution in [2.24, 2.45) is 0 Å². The van der Waals surface area contributed by atoms with Crippen molar-refractivity contribution < 1.29 is 19.1 Å². The fourth-order valence-corrected chi connectivity index (χ4v) is 5.21. The number of thioether (sulfide) groups is 1. The van der Waals surface area contributed by atoms with E-state index in [0.717, 1.165) is 17.3 Å². The Kier molecular flexibility index (Phi) is 4.06. The fraction of sp³-hybridized carbons (Fsp3) is 0.421. The topological polar surface area (TPSA) is 79.5 Å². The van der Waals surface area contributed by atoms with E-state index in [1.807, 2.05) is 31.2 Å². The Hall–Kier alpha value is -2.28. The zero-order valence-electron chi connectivity index (χ0n) is 14.7. The number of nitrogens with one attached hydrogen (secondary N) is 1. The molecule has 1 N–H and O–H groups in total. The minimum Gasteiger partial charge on any atom is -0.453 e. The average molecular weight is 372 g/mol. The van der Waals surface area contributed by atoms with E-state index in [-0.39, 0.29) is 16.6 Å². The molecule has 3 atom stereocenters. The molecule has 0 aliphatic carbocycles. The SMILES string of the molecule is C[C@@H](OC(=O)[C@@H]1CS[C@@]2(C)CCC(=O)N12)C(=O)c1c[nH]c2ccccc12. The van der Waals surface area contributed by atoms with Crippen LogP contribution in [0.25, 0.3) is 10.9 Å². The minimum absolute atomic E-state index is 0.0185. The summed E-state index contributed by atoms with van der Waals surface area (Å²) in [5.41, 5.74) is 1.36. The van der Waals surface area contributed by atoms with E-state index in [4.69, 9.17) is 4.74 Å². The van der Waals surface area contributed by atoms with E-state index in [0.29, 0.717) is 17.7 Å². The number of H-pyrrole nitrogens is 1. The van der Waals surface area contributed by atoms with Crippen molar-refractivity contribution in [2.45, 2.75) is 43.7 Å². The van der Waals surface area contributed by atoms with Crippen LogP contribution in [0, 0.1) is 0 Å². The number of esters is 1. The number of aromatic nitrogens is 1. The van der Waals surface area contributed by atoms with Crippen LogP contribution >= 0.6 is 11.8 Å². The van der Waals surface area contributed by atoms with E-state index in [2.05, 4.69) is 4.98 Å². The van der Waals surface area contributed by atoms with Gasteiger partial charge in [-0.15, -0.1) is 11.8 Å². The van der Waals surface area contributed by atoms with Crippen molar-refractivity contribution >= 4 is 40.3 Å². The average Bonchev–Trinajstić information content (AvgIpc) is 3.28. The second-order valence-corrected chi connectivity index (χ2v) is 8.46. The van der Waals surface area contributed by atoms with Crippen LogP contribution in [0.15, 0.2) is 30.5 Å². The number of benzene rings is 1. The summed E-state index contributed by atoms with van der Waals surface area (Å²) in [6, 6.07) is 6.88. The van der Waals surface area contributed by atoms with Gasteiger partial charge in [0.2, 0.25) is 11.7 Å². The highest BCUT2D eigenvalue weighted by atomic mass is 32.2. The Morgan fingerprint density at radius 1 is 1.38 bits per heavy atom. The number of rotatable bonds is 4. The van der Waals surface area contributed by atoms with E-state index in [9.17, 15) is 14.4 Å². The van der Waals surface area contributed by atoms with Crippen molar-refractivity contribution in [1.29, 1.82) is 0 Å². The van der Waals surface area contributed by atoms with Gasteiger partial charge in [0.1, 0.15) is 6.04 Å². The number of Topliss-reactive ketones (excluding diaryl/α,β-unsaturated/α-hetero) is 1. The number of carbonyl (C=O) groups excluding carboxylic acids is 3. The minimum atomic E-state index is -0.906. The fourth-order valence-electron chi connectivity index (χ4n) is 3.80. The highest BCUT2D eigenvalue weighted by Gasteiger charge is 2.53. The number of amides is 1. The molecule has 0 saturated carbocycles. The molecule has 4 rings (SSSR count). The van der Waals surface area contributed by atoms with Gasteiger partial charge in [0.15, 0.2) is 6.10 Å². The zero-order chi connectivity index (χ0) is 18.5. The third-order valence-corrected chi connectivity index (χ3v) is 6.74. The second-order valence-electron chi connectivity index (χ2n) is 6.96. The number of hydrogen-bond donors (Lipinski definition) is 1. The third kappa shape index (κ3) is 2.61. The van der Waals surface area contributed by atoms with Gasteiger partial charge in [-0.25, -0.2) is 4.79 Å². The first-order valence-corrected chi connectivity index (χ1v) is 9.66. The molecule has 0 spiro atoms. The first kappa shape index (κ1) is 17.1. The van der Waals surface area contributed by atoms with Gasteiger partial charge in [-0.1, -0.05) is 18.2 Å². The van der Waals surface area contributed by atoms with Crippen molar-refractivity contribution in [1.82, 2.24) is 9.88 Å². The molecule has 2 fully saturated rings. The van der Waals surface area contributed by atoms with Gasteiger partial charge in [-0.3, -0.25) is 9.59 Å². The predicted molar refractivity (Wildman–Crippen MR) is 98.9 cm³/mol. The molecule has 7 heteroatoms. The number of hydrogen-bond acceptors (Lipinski definition) is 5. The number of fused-ring (bicyclic) bond motifs is 2. The highest BCUT2D eigenvalue weighted by Crippen LogP contribution is 2.47. The monoisotopic (exact) mass is 372 g/mol. The van der Waals surface area contributed by atoms with Gasteiger partial charge in [-0.05, 0) is 26.3 Å². The second kappa shape index (κ2) is 6.16. The Morgan fingerprint density at radius 2 is 2.15 bits per heavy atom. The molecule has 1 aromatic carbocycles. The summed E-state index contributed by atoms with van der Waals surface area (Å²) in [5, 5.41) is 0.805. The van der Waals surface area contributed by atoms with E-state index in [1.165, 1.54) is 0 Å². The standard InChI is InChI=1S/C19H20N2O4S/c1-11(17(23)13-9-20-14-6-4-3-5-12(13)14)25-18(24)15-10-26-19(2)8-7-16(22)21(15)19/h3-6,9,11,15,20H,7-8,10H2,1-2H3/t11-,15+,19+/m1/s1. The van der Waals surface area contributed by atoms with Crippen LogP contribution in [-0.2, 0) is 14.3 Å². The van der Waals surface area contributed by atoms with Gasteiger partial charge in [-0.2, -0.15) is 0 Å². The van der Waals surface area contributed by atoms with Crippen LogP contribution in [0.3, 0.4) is 0 Å². The quantitative estimate of drug-likeness (QED) is 0.659. The lowest BCUT2D eigenvalue weighted by molar-refractivity contribution is -0.155. The number of para-hydroxylation sites is 1. The maximum atomic E-state index is 12.7. The molecule has 2 aliphatic rings. The smallest absolute Gasteiger partial charge is 0.330 e. The Bertz CT molecular complexity index is 908. The van der Waals surface area contributed by atoms with Gasteiger partial charge < -0.3 is 14.6 Å². The molecule has 136 valence electrons. The highest BCUT2D eigenvalue weighted by molar-refractivity contribution is 8.01. The zero-order valence-corrected chi connectivity index (χ0v) is 15.5. The molecular weight excluding hydrogens is 352 g/mol. The third-order valence-electron chi connectivity index (χ3n) is 5.23. The summed E-state index contributed by atoms with van der Waals surface area (Å²) in [6.45, 7) is 3.56. The number of carbonyl (C=O) groups is 3. The molecule has 3 heterocycles. The number of aromatic amines is 1. The molecule has 2 saturated heterocycles. The number of nitrogens with zero attached hydrogens (tertiary/aromatic N) is 1. The Balaban J connectivity index is 1.49. The summed E-state index contributed by atoms with van der Waals surface area (Å²) in [5.74, 6) is -0.265. The summed E-state index contributed by atoms with van der Waals surface area (Å²) in [6.07, 6.45) is 1.93. The Morgan fingerprint density at radius 3 is 2.96 bits per heavy atom. The molecule has 1 amide bonds. The van der Waals surface area contributed by atoms with Crippen LogP contribution in [0.1, 0.15) is 37.0 Å². The van der Waals surface area contributed by atoms with Gasteiger partial charge in [0, 0.05) is 34.8 Å². The van der Waals surface area contributed by atoms with Gasteiger partial charge in [0.05, 0.1) is 4.87 Å². The van der Waals surface area contributed by atoms with E-state index < -0.39 is 18.1 Å². The van der Waals surface area contributed by atoms with E-state index in [1.54, 1.807) is 29.8 Å². The number of ketones is 1. The maximum Gasteiger partial charge on any atom is 0.330 e.